The lowest BCUT2D eigenvalue weighted by molar-refractivity contribution is 0.414. The predicted molar refractivity (Wildman–Crippen MR) is 78.2 cm³/mol. The summed E-state index contributed by atoms with van der Waals surface area (Å²) >= 11 is 2.31. The second-order valence-electron chi connectivity index (χ2n) is 3.78. The average Bonchev–Trinajstić information content (AvgIpc) is 2.38. The lowest BCUT2D eigenvalue weighted by atomic mass is 9.99. The van der Waals surface area contributed by atoms with Crippen LogP contribution < -0.4 is 10.5 Å². The summed E-state index contributed by atoms with van der Waals surface area (Å²) in [4.78, 5) is 0. The standard InChI is InChI=1S/C14H14INO/c1-17-11-6-4-5-10(9-11)14(16)12-7-2-3-8-13(12)15/h2-9,14H,16H2,1H3. The smallest absolute Gasteiger partial charge is 0.119 e. The minimum atomic E-state index is -0.113. The fourth-order valence-electron chi connectivity index (χ4n) is 1.74. The van der Waals surface area contributed by atoms with Crippen molar-refractivity contribution in [1.82, 2.24) is 0 Å². The van der Waals surface area contributed by atoms with E-state index in [1.54, 1.807) is 7.11 Å². The molecule has 0 radical (unpaired) electrons. The summed E-state index contributed by atoms with van der Waals surface area (Å²) in [5.74, 6) is 0.837. The van der Waals surface area contributed by atoms with Crippen molar-refractivity contribution < 1.29 is 4.74 Å². The summed E-state index contributed by atoms with van der Waals surface area (Å²) < 4.78 is 6.39. The molecule has 2 nitrogen and oxygen atoms in total. The van der Waals surface area contributed by atoms with E-state index >= 15 is 0 Å². The van der Waals surface area contributed by atoms with Crippen LogP contribution in [0.5, 0.6) is 5.75 Å². The molecule has 0 amide bonds. The topological polar surface area (TPSA) is 35.2 Å². The highest BCUT2D eigenvalue weighted by molar-refractivity contribution is 14.1. The number of ether oxygens (including phenoxy) is 1. The molecule has 0 aromatic heterocycles. The Labute approximate surface area is 115 Å². The zero-order chi connectivity index (χ0) is 12.3. The molecule has 0 aliphatic rings. The van der Waals surface area contributed by atoms with Crippen LogP contribution in [-0.4, -0.2) is 7.11 Å². The summed E-state index contributed by atoms with van der Waals surface area (Å²) in [5.41, 5.74) is 8.48. The van der Waals surface area contributed by atoms with Crippen molar-refractivity contribution in [3.05, 3.63) is 63.2 Å². The molecule has 17 heavy (non-hydrogen) atoms. The van der Waals surface area contributed by atoms with Crippen molar-refractivity contribution in [3.63, 3.8) is 0 Å². The summed E-state index contributed by atoms with van der Waals surface area (Å²) in [6.45, 7) is 0. The fourth-order valence-corrected chi connectivity index (χ4v) is 2.46. The van der Waals surface area contributed by atoms with E-state index in [0.717, 1.165) is 16.9 Å². The number of hydrogen-bond acceptors (Lipinski definition) is 2. The molecule has 1 atom stereocenters. The minimum absolute atomic E-state index is 0.113. The van der Waals surface area contributed by atoms with Gasteiger partial charge in [0.1, 0.15) is 5.75 Å². The number of nitrogens with two attached hydrogens (primary N) is 1. The van der Waals surface area contributed by atoms with Crippen LogP contribution in [0.4, 0.5) is 0 Å². The second kappa shape index (κ2) is 5.51. The highest BCUT2D eigenvalue weighted by Gasteiger charge is 2.11. The van der Waals surface area contributed by atoms with Crippen molar-refractivity contribution >= 4 is 22.6 Å². The zero-order valence-electron chi connectivity index (χ0n) is 9.56. The van der Waals surface area contributed by atoms with Gasteiger partial charge < -0.3 is 10.5 Å². The molecule has 1 unspecified atom stereocenters. The Bertz CT molecular complexity index is 513. The van der Waals surface area contributed by atoms with Crippen molar-refractivity contribution in [3.8, 4) is 5.75 Å². The molecule has 0 spiro atoms. The molecule has 3 heteroatoms. The number of hydrogen-bond donors (Lipinski definition) is 1. The Kier molecular flexibility index (Phi) is 4.02. The Morgan fingerprint density at radius 3 is 2.59 bits per heavy atom. The van der Waals surface area contributed by atoms with Crippen LogP contribution in [0.3, 0.4) is 0 Å². The second-order valence-corrected chi connectivity index (χ2v) is 4.94. The Morgan fingerprint density at radius 2 is 1.88 bits per heavy atom. The van der Waals surface area contributed by atoms with Gasteiger partial charge in [-0.1, -0.05) is 30.3 Å². The van der Waals surface area contributed by atoms with Gasteiger partial charge in [-0.15, -0.1) is 0 Å². The van der Waals surface area contributed by atoms with E-state index in [1.807, 2.05) is 36.4 Å². The molecule has 0 aliphatic heterocycles. The Morgan fingerprint density at radius 1 is 1.12 bits per heavy atom. The summed E-state index contributed by atoms with van der Waals surface area (Å²) in [6.07, 6.45) is 0. The number of methoxy groups -OCH3 is 1. The highest BCUT2D eigenvalue weighted by Crippen LogP contribution is 2.26. The van der Waals surface area contributed by atoms with Crippen molar-refractivity contribution in [1.29, 1.82) is 0 Å². The van der Waals surface area contributed by atoms with E-state index in [9.17, 15) is 0 Å². The molecule has 2 N–H and O–H groups in total. The van der Waals surface area contributed by atoms with E-state index < -0.39 is 0 Å². The minimum Gasteiger partial charge on any atom is -0.497 e. The Balaban J connectivity index is 2.37. The van der Waals surface area contributed by atoms with E-state index in [2.05, 4.69) is 34.7 Å². The van der Waals surface area contributed by atoms with Crippen molar-refractivity contribution in [2.45, 2.75) is 6.04 Å². The molecule has 0 heterocycles. The molecule has 0 saturated heterocycles. The number of benzene rings is 2. The molecule has 2 aromatic carbocycles. The third kappa shape index (κ3) is 2.79. The molecular formula is C14H14INO. The highest BCUT2D eigenvalue weighted by atomic mass is 127. The maximum Gasteiger partial charge on any atom is 0.119 e. The van der Waals surface area contributed by atoms with E-state index in [-0.39, 0.29) is 6.04 Å². The first kappa shape index (κ1) is 12.4. The van der Waals surface area contributed by atoms with Gasteiger partial charge in [-0.2, -0.15) is 0 Å². The lowest BCUT2D eigenvalue weighted by Gasteiger charge is -2.15. The van der Waals surface area contributed by atoms with E-state index in [4.69, 9.17) is 10.5 Å². The molecule has 88 valence electrons. The van der Waals surface area contributed by atoms with Gasteiger partial charge in [-0.3, -0.25) is 0 Å². The first-order valence-electron chi connectivity index (χ1n) is 5.36. The molecule has 0 bridgehead atoms. The molecule has 0 fully saturated rings. The lowest BCUT2D eigenvalue weighted by Crippen LogP contribution is -2.13. The summed E-state index contributed by atoms with van der Waals surface area (Å²) in [6, 6.07) is 15.9. The first-order chi connectivity index (χ1) is 8.22. The van der Waals surface area contributed by atoms with Gasteiger partial charge in [0.15, 0.2) is 0 Å². The quantitative estimate of drug-likeness (QED) is 0.871. The molecule has 0 aliphatic carbocycles. The van der Waals surface area contributed by atoms with Gasteiger partial charge in [-0.05, 0) is 51.9 Å². The normalized spacial score (nSPS) is 12.2. The van der Waals surface area contributed by atoms with Gasteiger partial charge in [0, 0.05) is 3.57 Å². The van der Waals surface area contributed by atoms with Gasteiger partial charge in [0.2, 0.25) is 0 Å². The van der Waals surface area contributed by atoms with Gasteiger partial charge in [0.05, 0.1) is 13.2 Å². The van der Waals surface area contributed by atoms with Crippen LogP contribution >= 0.6 is 22.6 Å². The fraction of sp³-hybridized carbons (Fsp3) is 0.143. The summed E-state index contributed by atoms with van der Waals surface area (Å²) in [7, 11) is 1.66. The summed E-state index contributed by atoms with van der Waals surface area (Å²) in [5, 5.41) is 0. The van der Waals surface area contributed by atoms with E-state index in [1.165, 1.54) is 3.57 Å². The third-order valence-electron chi connectivity index (χ3n) is 2.69. The molecule has 0 saturated carbocycles. The zero-order valence-corrected chi connectivity index (χ0v) is 11.7. The van der Waals surface area contributed by atoms with Gasteiger partial charge in [0.25, 0.3) is 0 Å². The number of rotatable bonds is 3. The monoisotopic (exact) mass is 339 g/mol. The van der Waals surface area contributed by atoms with Crippen LogP contribution in [0.2, 0.25) is 0 Å². The third-order valence-corrected chi connectivity index (χ3v) is 3.68. The van der Waals surface area contributed by atoms with Gasteiger partial charge in [-0.25, -0.2) is 0 Å². The SMILES string of the molecule is COc1cccc(C(N)c2ccccc2I)c1. The maximum atomic E-state index is 6.28. The van der Waals surface area contributed by atoms with Crippen LogP contribution in [-0.2, 0) is 0 Å². The van der Waals surface area contributed by atoms with Gasteiger partial charge >= 0.3 is 0 Å². The van der Waals surface area contributed by atoms with Crippen molar-refractivity contribution in [2.75, 3.05) is 7.11 Å². The molecule has 2 rings (SSSR count). The molecular weight excluding hydrogens is 325 g/mol. The van der Waals surface area contributed by atoms with Crippen LogP contribution in [0.25, 0.3) is 0 Å². The van der Waals surface area contributed by atoms with Crippen molar-refractivity contribution in [2.24, 2.45) is 5.73 Å². The Hall–Kier alpha value is -1.07. The predicted octanol–water partition coefficient (Wildman–Crippen LogP) is 3.35. The average molecular weight is 339 g/mol. The first-order valence-corrected chi connectivity index (χ1v) is 6.44. The molecule has 2 aromatic rings. The van der Waals surface area contributed by atoms with Crippen LogP contribution in [0, 0.1) is 3.57 Å². The van der Waals surface area contributed by atoms with E-state index in [0.29, 0.717) is 0 Å². The number of halogens is 1. The largest absolute Gasteiger partial charge is 0.497 e. The maximum absolute atomic E-state index is 6.28. The van der Waals surface area contributed by atoms with Crippen LogP contribution in [0.1, 0.15) is 17.2 Å². The van der Waals surface area contributed by atoms with Crippen LogP contribution in [0.15, 0.2) is 48.5 Å².